The van der Waals surface area contributed by atoms with E-state index in [1.54, 1.807) is 0 Å². The number of rotatable bonds is 14. The third kappa shape index (κ3) is 15.2. The summed E-state index contributed by atoms with van der Waals surface area (Å²) < 4.78 is 5.02. The molecule has 1 N–H and O–H groups in total. The van der Waals surface area contributed by atoms with Crippen LogP contribution in [-0.2, 0) is 14.3 Å². The van der Waals surface area contributed by atoms with Gasteiger partial charge >= 0.3 is 11.9 Å². The summed E-state index contributed by atoms with van der Waals surface area (Å²) in [4.78, 5) is 21.6. The van der Waals surface area contributed by atoms with Crippen LogP contribution in [0.1, 0.15) is 90.9 Å². The number of carboxylic acids is 1. The molecule has 0 aliphatic heterocycles. The van der Waals surface area contributed by atoms with Gasteiger partial charge in [-0.05, 0) is 12.8 Å². The molecule has 0 radical (unpaired) electrons. The Morgan fingerprint density at radius 2 is 1.38 bits per heavy atom. The predicted molar refractivity (Wildman–Crippen MR) is 84.3 cm³/mol. The van der Waals surface area contributed by atoms with E-state index in [4.69, 9.17) is 9.84 Å². The van der Waals surface area contributed by atoms with E-state index in [9.17, 15) is 9.59 Å². The van der Waals surface area contributed by atoms with E-state index in [1.807, 2.05) is 0 Å². The first-order valence-electron chi connectivity index (χ1n) is 8.45. The number of carbonyl (C=O) groups excluding carboxylic acids is 1. The molecule has 21 heavy (non-hydrogen) atoms. The first kappa shape index (κ1) is 19.9. The molecule has 4 heteroatoms. The number of hydrogen-bond donors (Lipinski definition) is 1. The van der Waals surface area contributed by atoms with Crippen LogP contribution in [0.4, 0.5) is 0 Å². The third-order valence-corrected chi connectivity index (χ3v) is 3.61. The van der Waals surface area contributed by atoms with Crippen molar-refractivity contribution in [3.8, 4) is 0 Å². The van der Waals surface area contributed by atoms with Gasteiger partial charge in [0.05, 0.1) is 6.42 Å². The smallest absolute Gasteiger partial charge is 0.307 e. The molecule has 0 spiro atoms. The van der Waals surface area contributed by atoms with Crippen molar-refractivity contribution >= 4 is 11.9 Å². The molecule has 124 valence electrons. The van der Waals surface area contributed by atoms with Gasteiger partial charge in [-0.25, -0.2) is 0 Å². The Balaban J connectivity index is 3.48. The van der Waals surface area contributed by atoms with Crippen LogP contribution in [0.5, 0.6) is 0 Å². The first-order valence-corrected chi connectivity index (χ1v) is 8.45. The lowest BCUT2D eigenvalue weighted by molar-refractivity contribution is -0.151. The van der Waals surface area contributed by atoms with Crippen LogP contribution >= 0.6 is 0 Å². The lowest BCUT2D eigenvalue weighted by Crippen LogP contribution is -2.20. The zero-order valence-electron chi connectivity index (χ0n) is 13.7. The van der Waals surface area contributed by atoms with E-state index in [0.29, 0.717) is 6.42 Å². The Morgan fingerprint density at radius 1 is 0.905 bits per heavy atom. The molecule has 0 aromatic carbocycles. The maximum Gasteiger partial charge on any atom is 0.307 e. The Kier molecular flexibility index (Phi) is 13.2. The maximum atomic E-state index is 10.9. The fourth-order valence-electron chi connectivity index (χ4n) is 2.49. The van der Waals surface area contributed by atoms with Gasteiger partial charge in [-0.2, -0.15) is 0 Å². The number of esters is 1. The van der Waals surface area contributed by atoms with Crippen LogP contribution < -0.4 is 0 Å². The number of ether oxygens (including phenoxy) is 1. The summed E-state index contributed by atoms with van der Waals surface area (Å²) in [6, 6.07) is 0. The molecule has 4 nitrogen and oxygen atoms in total. The number of carbonyl (C=O) groups is 2. The van der Waals surface area contributed by atoms with E-state index in [1.165, 1.54) is 58.3 Å². The lowest BCUT2D eigenvalue weighted by atomic mass is 10.0. The number of hydrogen-bond acceptors (Lipinski definition) is 3. The van der Waals surface area contributed by atoms with Gasteiger partial charge in [0.25, 0.3) is 0 Å². The monoisotopic (exact) mass is 300 g/mol. The molecule has 1 unspecified atom stereocenters. The molecule has 0 aliphatic rings. The first-order chi connectivity index (χ1) is 10.1. The van der Waals surface area contributed by atoms with Crippen molar-refractivity contribution in [3.63, 3.8) is 0 Å². The molecule has 1 atom stereocenters. The average molecular weight is 300 g/mol. The van der Waals surface area contributed by atoms with Crippen molar-refractivity contribution in [2.75, 3.05) is 0 Å². The van der Waals surface area contributed by atoms with Crippen LogP contribution in [-0.4, -0.2) is 23.1 Å². The van der Waals surface area contributed by atoms with E-state index in [-0.39, 0.29) is 6.42 Å². The van der Waals surface area contributed by atoms with Crippen molar-refractivity contribution < 1.29 is 19.4 Å². The van der Waals surface area contributed by atoms with Crippen molar-refractivity contribution in [2.24, 2.45) is 0 Å². The highest BCUT2D eigenvalue weighted by atomic mass is 16.5. The minimum atomic E-state index is -0.909. The van der Waals surface area contributed by atoms with Gasteiger partial charge < -0.3 is 9.84 Å². The highest BCUT2D eigenvalue weighted by Crippen LogP contribution is 2.14. The molecular weight excluding hydrogens is 268 g/mol. The molecule has 0 aromatic heterocycles. The Morgan fingerprint density at radius 3 is 1.81 bits per heavy atom. The Hall–Kier alpha value is -1.06. The number of carboxylic acid groups (broad SMARTS) is 1. The zero-order valence-corrected chi connectivity index (χ0v) is 13.7. The van der Waals surface area contributed by atoms with Crippen LogP contribution in [0.15, 0.2) is 0 Å². The van der Waals surface area contributed by atoms with Crippen LogP contribution in [0, 0.1) is 0 Å². The molecule has 0 bridgehead atoms. The fraction of sp³-hybridized carbons (Fsp3) is 0.882. The summed E-state index contributed by atoms with van der Waals surface area (Å²) in [5.41, 5.74) is 0. The summed E-state index contributed by atoms with van der Waals surface area (Å²) >= 11 is 0. The molecule has 0 aromatic rings. The van der Waals surface area contributed by atoms with E-state index < -0.39 is 18.0 Å². The largest absolute Gasteiger partial charge is 0.481 e. The highest BCUT2D eigenvalue weighted by molar-refractivity contribution is 5.69. The minimum absolute atomic E-state index is 0.0863. The molecule has 0 rings (SSSR count). The molecule has 0 amide bonds. The molecule has 0 heterocycles. The second-order valence-corrected chi connectivity index (χ2v) is 5.80. The Bertz CT molecular complexity index is 260. The second-order valence-electron chi connectivity index (χ2n) is 5.80. The zero-order chi connectivity index (χ0) is 15.9. The topological polar surface area (TPSA) is 63.6 Å². The van der Waals surface area contributed by atoms with Gasteiger partial charge in [0.1, 0.15) is 6.10 Å². The van der Waals surface area contributed by atoms with Gasteiger partial charge in [0.15, 0.2) is 0 Å². The normalized spacial score (nSPS) is 12.1. The van der Waals surface area contributed by atoms with Crippen LogP contribution in [0.3, 0.4) is 0 Å². The minimum Gasteiger partial charge on any atom is -0.481 e. The van der Waals surface area contributed by atoms with Crippen molar-refractivity contribution in [1.82, 2.24) is 0 Å². The molecule has 0 aliphatic carbocycles. The predicted octanol–water partition coefficient (Wildman–Crippen LogP) is 4.70. The van der Waals surface area contributed by atoms with E-state index in [2.05, 4.69) is 6.92 Å². The summed E-state index contributed by atoms with van der Waals surface area (Å²) in [7, 11) is 0. The third-order valence-electron chi connectivity index (χ3n) is 3.61. The summed E-state index contributed by atoms with van der Waals surface area (Å²) in [6.45, 7) is 3.56. The number of unbranched alkanes of at least 4 members (excludes halogenated alkanes) is 9. The molecule has 0 fully saturated rings. The Labute approximate surface area is 129 Å². The van der Waals surface area contributed by atoms with Gasteiger partial charge in [0, 0.05) is 6.92 Å². The highest BCUT2D eigenvalue weighted by Gasteiger charge is 2.15. The second kappa shape index (κ2) is 13.9. The standard InChI is InChI=1S/C17H32O4/c1-3-4-5-6-7-8-9-10-11-12-13-16(14-17(19)20)21-15(2)18/h16H,3-14H2,1-2H3,(H,19,20). The fourth-order valence-corrected chi connectivity index (χ4v) is 2.49. The van der Waals surface area contributed by atoms with Crippen LogP contribution in [0.25, 0.3) is 0 Å². The molecular formula is C17H32O4. The van der Waals surface area contributed by atoms with E-state index >= 15 is 0 Å². The van der Waals surface area contributed by atoms with Gasteiger partial charge in [-0.15, -0.1) is 0 Å². The van der Waals surface area contributed by atoms with Gasteiger partial charge in [-0.1, -0.05) is 64.7 Å². The van der Waals surface area contributed by atoms with Gasteiger partial charge in [0.2, 0.25) is 0 Å². The van der Waals surface area contributed by atoms with Crippen molar-refractivity contribution in [1.29, 1.82) is 0 Å². The van der Waals surface area contributed by atoms with Crippen molar-refractivity contribution in [3.05, 3.63) is 0 Å². The maximum absolute atomic E-state index is 10.9. The van der Waals surface area contributed by atoms with Crippen molar-refractivity contribution in [2.45, 2.75) is 97.0 Å². The van der Waals surface area contributed by atoms with Gasteiger partial charge in [-0.3, -0.25) is 9.59 Å². The van der Waals surface area contributed by atoms with E-state index in [0.717, 1.165) is 12.8 Å². The lowest BCUT2D eigenvalue weighted by Gasteiger charge is -2.14. The average Bonchev–Trinajstić information content (AvgIpc) is 2.39. The summed E-state index contributed by atoms with van der Waals surface area (Å²) in [5.74, 6) is -1.30. The summed E-state index contributed by atoms with van der Waals surface area (Å²) in [6.07, 6.45) is 12.5. The SMILES string of the molecule is CCCCCCCCCCCCC(CC(=O)O)OC(C)=O. The number of aliphatic carboxylic acids is 1. The quantitative estimate of drug-likeness (QED) is 0.373. The van der Waals surface area contributed by atoms with Crippen LogP contribution in [0.2, 0.25) is 0 Å². The molecule has 0 saturated carbocycles. The summed E-state index contributed by atoms with van der Waals surface area (Å²) in [5, 5.41) is 8.77. The molecule has 0 saturated heterocycles.